The Balaban J connectivity index is 1.78. The van der Waals surface area contributed by atoms with Crippen LogP contribution in [0.1, 0.15) is 55.5 Å². The molecule has 0 aromatic heterocycles. The second-order valence-electron chi connectivity index (χ2n) is 6.60. The first-order valence-electron chi connectivity index (χ1n) is 9.02. The zero-order valence-electron chi connectivity index (χ0n) is 15.2. The van der Waals surface area contributed by atoms with Crippen LogP contribution in [0.25, 0.3) is 0 Å². The summed E-state index contributed by atoms with van der Waals surface area (Å²) in [4.78, 5) is 37.9. The van der Waals surface area contributed by atoms with Crippen LogP contribution in [-0.2, 0) is 13.0 Å². The second-order valence-corrected chi connectivity index (χ2v) is 6.60. The van der Waals surface area contributed by atoms with E-state index in [1.165, 1.54) is 0 Å². The highest BCUT2D eigenvalue weighted by Gasteiger charge is 2.23. The number of hydrogen-bond acceptors (Lipinski definition) is 3. The first-order chi connectivity index (χ1) is 13.0. The molecule has 140 valence electrons. The van der Waals surface area contributed by atoms with E-state index in [9.17, 15) is 14.4 Å². The SMILES string of the molecule is CCCNC(=O)c1cccc(C(=O)N2CCc3ccc(C(=O)O)cc3C2)c1. The van der Waals surface area contributed by atoms with Crippen LogP contribution in [0.5, 0.6) is 0 Å². The van der Waals surface area contributed by atoms with Crippen molar-refractivity contribution in [2.45, 2.75) is 26.3 Å². The molecule has 0 atom stereocenters. The lowest BCUT2D eigenvalue weighted by Crippen LogP contribution is -2.36. The van der Waals surface area contributed by atoms with Gasteiger partial charge in [-0.15, -0.1) is 0 Å². The molecule has 27 heavy (non-hydrogen) atoms. The third-order valence-electron chi connectivity index (χ3n) is 4.66. The monoisotopic (exact) mass is 366 g/mol. The molecule has 3 rings (SSSR count). The second kappa shape index (κ2) is 8.03. The van der Waals surface area contributed by atoms with Gasteiger partial charge in [0, 0.05) is 30.8 Å². The van der Waals surface area contributed by atoms with Crippen molar-refractivity contribution in [3.05, 3.63) is 70.3 Å². The van der Waals surface area contributed by atoms with E-state index in [0.29, 0.717) is 37.2 Å². The molecule has 2 amide bonds. The van der Waals surface area contributed by atoms with Gasteiger partial charge in [-0.25, -0.2) is 4.79 Å². The molecule has 0 bridgehead atoms. The number of rotatable bonds is 5. The average molecular weight is 366 g/mol. The van der Waals surface area contributed by atoms with E-state index in [0.717, 1.165) is 17.5 Å². The number of carboxylic acid groups (broad SMARTS) is 1. The summed E-state index contributed by atoms with van der Waals surface area (Å²) in [5, 5.41) is 12.0. The third-order valence-corrected chi connectivity index (χ3v) is 4.66. The Labute approximate surface area is 157 Å². The molecule has 0 aliphatic carbocycles. The number of carbonyl (C=O) groups excluding carboxylic acids is 2. The predicted molar refractivity (Wildman–Crippen MR) is 101 cm³/mol. The largest absolute Gasteiger partial charge is 0.478 e. The lowest BCUT2D eigenvalue weighted by molar-refractivity contribution is 0.0696. The first-order valence-corrected chi connectivity index (χ1v) is 9.02. The van der Waals surface area contributed by atoms with E-state index >= 15 is 0 Å². The number of fused-ring (bicyclic) bond motifs is 1. The Morgan fingerprint density at radius 1 is 1.04 bits per heavy atom. The fourth-order valence-electron chi connectivity index (χ4n) is 3.18. The number of benzene rings is 2. The molecule has 2 N–H and O–H groups in total. The van der Waals surface area contributed by atoms with Crippen molar-refractivity contribution in [3.63, 3.8) is 0 Å². The average Bonchev–Trinajstić information content (AvgIpc) is 2.70. The van der Waals surface area contributed by atoms with Gasteiger partial charge in [0.1, 0.15) is 0 Å². The number of carbonyl (C=O) groups is 3. The van der Waals surface area contributed by atoms with Crippen molar-refractivity contribution >= 4 is 17.8 Å². The highest BCUT2D eigenvalue weighted by molar-refractivity contribution is 5.99. The number of aromatic carboxylic acids is 1. The van der Waals surface area contributed by atoms with Gasteiger partial charge in [-0.3, -0.25) is 9.59 Å². The Kier molecular flexibility index (Phi) is 5.54. The molecule has 0 saturated heterocycles. The normalized spacial score (nSPS) is 13.0. The Bertz CT molecular complexity index is 892. The molecule has 0 saturated carbocycles. The summed E-state index contributed by atoms with van der Waals surface area (Å²) in [5.74, 6) is -1.33. The highest BCUT2D eigenvalue weighted by atomic mass is 16.4. The minimum absolute atomic E-state index is 0.161. The van der Waals surface area contributed by atoms with E-state index in [2.05, 4.69) is 5.32 Å². The molecule has 6 heteroatoms. The van der Waals surface area contributed by atoms with Crippen molar-refractivity contribution in [2.75, 3.05) is 13.1 Å². The number of nitrogens with one attached hydrogen (secondary N) is 1. The molecule has 0 spiro atoms. The van der Waals surface area contributed by atoms with Crippen molar-refractivity contribution in [2.24, 2.45) is 0 Å². The maximum atomic E-state index is 12.9. The summed E-state index contributed by atoms with van der Waals surface area (Å²) in [6.45, 7) is 3.49. The van der Waals surface area contributed by atoms with Crippen LogP contribution in [0.2, 0.25) is 0 Å². The number of carboxylic acids is 1. The smallest absolute Gasteiger partial charge is 0.335 e. The van der Waals surface area contributed by atoms with Crippen molar-refractivity contribution in [1.29, 1.82) is 0 Å². The molecule has 1 aliphatic heterocycles. The molecule has 0 unspecified atom stereocenters. The fraction of sp³-hybridized carbons (Fsp3) is 0.286. The predicted octanol–water partition coefficient (Wildman–Crippen LogP) is 2.72. The number of nitrogens with zero attached hydrogens (tertiary/aromatic N) is 1. The maximum absolute atomic E-state index is 12.9. The molecule has 0 fully saturated rings. The number of hydrogen-bond donors (Lipinski definition) is 2. The zero-order chi connectivity index (χ0) is 19.4. The quantitative estimate of drug-likeness (QED) is 0.852. The Morgan fingerprint density at radius 3 is 2.56 bits per heavy atom. The lowest BCUT2D eigenvalue weighted by Gasteiger charge is -2.29. The van der Waals surface area contributed by atoms with Gasteiger partial charge in [0.05, 0.1) is 5.56 Å². The minimum Gasteiger partial charge on any atom is -0.478 e. The zero-order valence-corrected chi connectivity index (χ0v) is 15.2. The van der Waals surface area contributed by atoms with Gasteiger partial charge >= 0.3 is 5.97 Å². The van der Waals surface area contributed by atoms with Gasteiger partial charge in [0.25, 0.3) is 11.8 Å². The lowest BCUT2D eigenvalue weighted by atomic mass is 9.96. The van der Waals surface area contributed by atoms with Gasteiger partial charge in [-0.1, -0.05) is 19.1 Å². The number of amides is 2. The van der Waals surface area contributed by atoms with Crippen molar-refractivity contribution in [3.8, 4) is 0 Å². The highest BCUT2D eigenvalue weighted by Crippen LogP contribution is 2.22. The molecule has 2 aromatic carbocycles. The van der Waals surface area contributed by atoms with Gasteiger partial charge < -0.3 is 15.3 Å². The van der Waals surface area contributed by atoms with E-state index < -0.39 is 5.97 Å². The summed E-state index contributed by atoms with van der Waals surface area (Å²) in [7, 11) is 0. The molecule has 2 aromatic rings. The third kappa shape index (κ3) is 4.16. The first kappa shape index (κ1) is 18.6. The van der Waals surface area contributed by atoms with Crippen LogP contribution in [0.3, 0.4) is 0 Å². The van der Waals surface area contributed by atoms with Crippen LogP contribution in [-0.4, -0.2) is 40.9 Å². The Morgan fingerprint density at radius 2 is 1.81 bits per heavy atom. The van der Waals surface area contributed by atoms with Crippen LogP contribution in [0.15, 0.2) is 42.5 Å². The van der Waals surface area contributed by atoms with Crippen molar-refractivity contribution < 1.29 is 19.5 Å². The summed E-state index contributed by atoms with van der Waals surface area (Å²) in [6.07, 6.45) is 1.52. The summed E-state index contributed by atoms with van der Waals surface area (Å²) in [5.41, 5.74) is 3.05. The van der Waals surface area contributed by atoms with E-state index in [1.54, 1.807) is 41.3 Å². The summed E-state index contributed by atoms with van der Waals surface area (Å²) >= 11 is 0. The van der Waals surface area contributed by atoms with Gasteiger partial charge in [-0.2, -0.15) is 0 Å². The Hall–Kier alpha value is -3.15. The molecule has 6 nitrogen and oxygen atoms in total. The molecule has 1 heterocycles. The molecular formula is C21H22N2O4. The molecule has 0 radical (unpaired) electrons. The maximum Gasteiger partial charge on any atom is 0.335 e. The molecule has 1 aliphatic rings. The van der Waals surface area contributed by atoms with E-state index in [4.69, 9.17) is 5.11 Å². The molecular weight excluding hydrogens is 344 g/mol. The van der Waals surface area contributed by atoms with E-state index in [-0.39, 0.29) is 17.4 Å². The van der Waals surface area contributed by atoms with E-state index in [1.807, 2.05) is 13.0 Å². The summed E-state index contributed by atoms with van der Waals surface area (Å²) < 4.78 is 0. The van der Waals surface area contributed by atoms with Gasteiger partial charge in [0.2, 0.25) is 0 Å². The standard InChI is InChI=1S/C21H22N2O4/c1-2-9-22-19(24)15-4-3-5-16(11-15)20(25)23-10-8-14-6-7-17(21(26)27)12-18(14)13-23/h3-7,11-12H,2,8-10,13H2,1H3,(H,22,24)(H,26,27). The van der Waals surface area contributed by atoms with Crippen LogP contribution in [0.4, 0.5) is 0 Å². The van der Waals surface area contributed by atoms with Crippen LogP contribution >= 0.6 is 0 Å². The van der Waals surface area contributed by atoms with Gasteiger partial charge in [-0.05, 0) is 54.3 Å². The topological polar surface area (TPSA) is 86.7 Å². The minimum atomic E-state index is -0.980. The van der Waals surface area contributed by atoms with Crippen molar-refractivity contribution in [1.82, 2.24) is 10.2 Å². The fourth-order valence-corrected chi connectivity index (χ4v) is 3.18. The van der Waals surface area contributed by atoms with Crippen LogP contribution in [0, 0.1) is 0 Å². The van der Waals surface area contributed by atoms with Crippen LogP contribution < -0.4 is 5.32 Å². The van der Waals surface area contributed by atoms with Gasteiger partial charge in [0.15, 0.2) is 0 Å². The summed E-state index contributed by atoms with van der Waals surface area (Å²) in [6, 6.07) is 11.7.